The molecular weight excluding hydrogens is 184 g/mol. The number of nitrogens with one attached hydrogen (secondary N) is 1. The molecule has 72 valence electrons. The quantitative estimate of drug-likeness (QED) is 0.403. The third kappa shape index (κ3) is 1.24. The van der Waals surface area contributed by atoms with E-state index in [0.29, 0.717) is 11.4 Å². The zero-order valence-corrected chi connectivity index (χ0v) is 7.10. The Morgan fingerprint density at radius 1 is 1.00 bits per heavy atom. The predicted octanol–water partition coefficient (Wildman–Crippen LogP) is 1.19. The first-order valence-corrected chi connectivity index (χ1v) is 3.93. The van der Waals surface area contributed by atoms with Crippen LogP contribution in [0.4, 0.5) is 0 Å². The number of phenols is 3. The number of phenolic OH excluding ortho intramolecular Hbond substituents is 3. The van der Waals surface area contributed by atoms with Crippen molar-refractivity contribution in [2.45, 2.75) is 0 Å². The third-order valence-corrected chi connectivity index (χ3v) is 1.85. The second-order valence-corrected chi connectivity index (χ2v) is 2.80. The summed E-state index contributed by atoms with van der Waals surface area (Å²) in [6.07, 6.45) is 3.12. The zero-order valence-electron chi connectivity index (χ0n) is 7.10. The monoisotopic (exact) mass is 192 g/mol. The Hall–Kier alpha value is -2.17. The fraction of sp³-hybridized carbons (Fsp3) is 0. The van der Waals surface area contributed by atoms with E-state index < -0.39 is 0 Å². The molecule has 2 aromatic rings. The van der Waals surface area contributed by atoms with Crippen molar-refractivity contribution in [3.05, 3.63) is 24.5 Å². The summed E-state index contributed by atoms with van der Waals surface area (Å²) < 4.78 is 0. The highest BCUT2D eigenvalue weighted by Gasteiger charge is 2.10. The molecule has 0 saturated carbocycles. The first kappa shape index (κ1) is 8.43. The molecule has 0 aliphatic rings. The number of hydrogen-bond acceptors (Lipinski definition) is 4. The lowest BCUT2D eigenvalue weighted by Gasteiger charge is -2.03. The summed E-state index contributed by atoms with van der Waals surface area (Å²) in [6.45, 7) is 0. The minimum Gasteiger partial charge on any atom is -0.507 e. The molecule has 0 amide bonds. The first-order chi connectivity index (χ1) is 6.68. The van der Waals surface area contributed by atoms with Crippen molar-refractivity contribution in [1.29, 1.82) is 0 Å². The first-order valence-electron chi connectivity index (χ1n) is 3.93. The van der Waals surface area contributed by atoms with Gasteiger partial charge in [0.25, 0.3) is 0 Å². The molecular formula is C9H8N2O3. The van der Waals surface area contributed by atoms with Crippen LogP contribution < -0.4 is 0 Å². The van der Waals surface area contributed by atoms with E-state index in [1.807, 2.05) is 0 Å². The van der Waals surface area contributed by atoms with Crippen molar-refractivity contribution in [2.24, 2.45) is 0 Å². The minimum absolute atomic E-state index is 0.143. The van der Waals surface area contributed by atoms with Gasteiger partial charge in [-0.15, -0.1) is 0 Å². The fourth-order valence-electron chi connectivity index (χ4n) is 1.17. The van der Waals surface area contributed by atoms with Gasteiger partial charge < -0.3 is 20.3 Å². The molecule has 0 aliphatic carbocycles. The summed E-state index contributed by atoms with van der Waals surface area (Å²) in [4.78, 5) is 6.69. The number of aromatic hydroxyl groups is 3. The summed E-state index contributed by atoms with van der Waals surface area (Å²) in [5.74, 6) is -0.375. The second-order valence-electron chi connectivity index (χ2n) is 2.80. The van der Waals surface area contributed by atoms with Crippen LogP contribution in [0.25, 0.3) is 11.4 Å². The van der Waals surface area contributed by atoms with Crippen molar-refractivity contribution >= 4 is 0 Å². The molecule has 1 heterocycles. The SMILES string of the molecule is Oc1cc(O)c(-c2ncc[nH]2)cc1O. The van der Waals surface area contributed by atoms with Crippen LogP contribution in [-0.2, 0) is 0 Å². The molecule has 1 aromatic carbocycles. The minimum atomic E-state index is -0.363. The normalized spacial score (nSPS) is 10.3. The molecule has 1 aromatic heterocycles. The lowest BCUT2D eigenvalue weighted by Crippen LogP contribution is -1.82. The largest absolute Gasteiger partial charge is 0.507 e. The topological polar surface area (TPSA) is 89.4 Å². The van der Waals surface area contributed by atoms with Gasteiger partial charge in [-0.05, 0) is 6.07 Å². The van der Waals surface area contributed by atoms with Gasteiger partial charge in [-0.25, -0.2) is 4.98 Å². The highest BCUT2D eigenvalue weighted by molar-refractivity contribution is 5.68. The van der Waals surface area contributed by atoms with E-state index in [-0.39, 0.29) is 17.2 Å². The number of nitrogens with zero attached hydrogens (tertiary/aromatic N) is 1. The van der Waals surface area contributed by atoms with Crippen molar-refractivity contribution in [3.63, 3.8) is 0 Å². The molecule has 0 saturated heterocycles. The number of aromatic nitrogens is 2. The van der Waals surface area contributed by atoms with Gasteiger partial charge >= 0.3 is 0 Å². The molecule has 0 atom stereocenters. The standard InChI is InChI=1S/C9H8N2O3/c12-6-4-8(14)7(13)3-5(6)9-10-1-2-11-9/h1-4,12-14H,(H,10,11). The molecule has 5 nitrogen and oxygen atoms in total. The maximum Gasteiger partial charge on any atom is 0.161 e. The van der Waals surface area contributed by atoms with Crippen LogP contribution in [0.15, 0.2) is 24.5 Å². The summed E-state index contributed by atoms with van der Waals surface area (Å²) in [5.41, 5.74) is 0.338. The van der Waals surface area contributed by atoms with Crippen LogP contribution in [0.5, 0.6) is 17.2 Å². The molecule has 2 rings (SSSR count). The number of benzene rings is 1. The predicted molar refractivity (Wildman–Crippen MR) is 49.0 cm³/mol. The molecule has 0 fully saturated rings. The lowest BCUT2D eigenvalue weighted by atomic mass is 10.1. The van der Waals surface area contributed by atoms with E-state index in [2.05, 4.69) is 9.97 Å². The van der Waals surface area contributed by atoms with Gasteiger partial charge in [0.15, 0.2) is 11.5 Å². The average Bonchev–Trinajstić information content (AvgIpc) is 2.64. The Balaban J connectivity index is 2.60. The van der Waals surface area contributed by atoms with E-state index in [9.17, 15) is 10.2 Å². The summed E-state index contributed by atoms with van der Waals surface area (Å²) >= 11 is 0. The summed E-state index contributed by atoms with van der Waals surface area (Å²) in [6, 6.07) is 2.30. The third-order valence-electron chi connectivity index (χ3n) is 1.85. The van der Waals surface area contributed by atoms with E-state index in [1.54, 1.807) is 6.20 Å². The fourth-order valence-corrected chi connectivity index (χ4v) is 1.17. The Labute approximate surface area is 79.3 Å². The number of imidazole rings is 1. The Morgan fingerprint density at radius 2 is 1.71 bits per heavy atom. The molecule has 0 aliphatic heterocycles. The maximum atomic E-state index is 9.46. The Bertz CT molecular complexity index is 451. The number of H-pyrrole nitrogens is 1. The lowest BCUT2D eigenvalue weighted by molar-refractivity contribution is 0.397. The van der Waals surface area contributed by atoms with Crippen molar-refractivity contribution in [1.82, 2.24) is 9.97 Å². The van der Waals surface area contributed by atoms with Crippen LogP contribution in [0.1, 0.15) is 0 Å². The van der Waals surface area contributed by atoms with Gasteiger partial charge in [-0.3, -0.25) is 0 Å². The van der Waals surface area contributed by atoms with Gasteiger partial charge in [0.2, 0.25) is 0 Å². The molecule has 4 N–H and O–H groups in total. The average molecular weight is 192 g/mol. The Morgan fingerprint density at radius 3 is 2.36 bits per heavy atom. The number of aromatic amines is 1. The van der Waals surface area contributed by atoms with Crippen molar-refractivity contribution in [2.75, 3.05) is 0 Å². The van der Waals surface area contributed by atoms with Crippen LogP contribution >= 0.6 is 0 Å². The molecule has 0 bridgehead atoms. The number of rotatable bonds is 1. The zero-order chi connectivity index (χ0) is 10.1. The molecule has 0 radical (unpaired) electrons. The van der Waals surface area contributed by atoms with Gasteiger partial charge in [0.1, 0.15) is 11.6 Å². The Kier molecular flexibility index (Phi) is 1.78. The van der Waals surface area contributed by atoms with E-state index in [4.69, 9.17) is 5.11 Å². The van der Waals surface area contributed by atoms with E-state index >= 15 is 0 Å². The van der Waals surface area contributed by atoms with Crippen LogP contribution in [0, 0.1) is 0 Å². The van der Waals surface area contributed by atoms with Crippen molar-refractivity contribution in [3.8, 4) is 28.6 Å². The highest BCUT2D eigenvalue weighted by Crippen LogP contribution is 2.36. The summed E-state index contributed by atoms with van der Waals surface area (Å²) in [7, 11) is 0. The van der Waals surface area contributed by atoms with E-state index in [0.717, 1.165) is 6.07 Å². The molecule has 14 heavy (non-hydrogen) atoms. The van der Waals surface area contributed by atoms with E-state index in [1.165, 1.54) is 12.3 Å². The maximum absolute atomic E-state index is 9.46. The van der Waals surface area contributed by atoms with Gasteiger partial charge in [-0.2, -0.15) is 0 Å². The van der Waals surface area contributed by atoms with Crippen LogP contribution in [-0.4, -0.2) is 25.3 Å². The highest BCUT2D eigenvalue weighted by atomic mass is 16.3. The van der Waals surface area contributed by atoms with Crippen LogP contribution in [0.3, 0.4) is 0 Å². The van der Waals surface area contributed by atoms with Crippen molar-refractivity contribution < 1.29 is 15.3 Å². The van der Waals surface area contributed by atoms with Crippen LogP contribution in [0.2, 0.25) is 0 Å². The number of hydrogen-bond donors (Lipinski definition) is 4. The molecule has 0 spiro atoms. The molecule has 0 unspecified atom stereocenters. The summed E-state index contributed by atoms with van der Waals surface area (Å²) in [5, 5.41) is 27.8. The second kappa shape index (κ2) is 2.95. The van der Waals surface area contributed by atoms with Gasteiger partial charge in [-0.1, -0.05) is 0 Å². The molecule has 5 heteroatoms. The smallest absolute Gasteiger partial charge is 0.161 e. The van der Waals surface area contributed by atoms with Gasteiger partial charge in [0.05, 0.1) is 5.56 Å². The van der Waals surface area contributed by atoms with Gasteiger partial charge in [0, 0.05) is 18.5 Å².